The molecule has 1 amide bonds. The Labute approximate surface area is 226 Å². The fourth-order valence-electron chi connectivity index (χ4n) is 4.55. The molecule has 10 heteroatoms. The highest BCUT2D eigenvalue weighted by molar-refractivity contribution is 7.89. The van der Waals surface area contributed by atoms with Crippen molar-refractivity contribution < 1.29 is 27.8 Å². The standard InChI is InChI=1S/C28H41N3O6S/c1-21(2)17-31(38(34,35)25-12-10-24(36-4)11-13-25)19-27(32)26(16-23-8-6-5-7-9-23)29-28(33)20-30-14-15-37-22(3)18-30/h5-13,21-22,26-27,32H,14-20H2,1-4H3,(H,29,33)/t22-,26+,27-/m1/s1. The smallest absolute Gasteiger partial charge is 0.243 e. The van der Waals surface area contributed by atoms with Gasteiger partial charge < -0.3 is 19.9 Å². The van der Waals surface area contributed by atoms with Crippen molar-refractivity contribution in [2.24, 2.45) is 5.92 Å². The zero-order valence-corrected chi connectivity index (χ0v) is 23.6. The minimum Gasteiger partial charge on any atom is -0.497 e. The first-order valence-electron chi connectivity index (χ1n) is 13.1. The normalized spacial score (nSPS) is 18.3. The van der Waals surface area contributed by atoms with Crippen LogP contribution in [0, 0.1) is 5.92 Å². The molecule has 0 unspecified atom stereocenters. The fraction of sp³-hybridized carbons (Fsp3) is 0.536. The van der Waals surface area contributed by atoms with Crippen molar-refractivity contribution in [1.29, 1.82) is 0 Å². The number of amides is 1. The van der Waals surface area contributed by atoms with E-state index in [2.05, 4.69) is 5.32 Å². The Morgan fingerprint density at radius 2 is 1.84 bits per heavy atom. The van der Waals surface area contributed by atoms with E-state index in [0.29, 0.717) is 31.9 Å². The third kappa shape index (κ3) is 8.78. The number of benzene rings is 2. The Bertz CT molecular complexity index is 1110. The molecule has 3 atom stereocenters. The first-order chi connectivity index (χ1) is 18.1. The largest absolute Gasteiger partial charge is 0.497 e. The van der Waals surface area contributed by atoms with Gasteiger partial charge in [0.1, 0.15) is 5.75 Å². The number of carbonyl (C=O) groups is 1. The number of aliphatic hydroxyl groups excluding tert-OH is 1. The second kappa shape index (κ2) is 14.0. The van der Waals surface area contributed by atoms with Crippen LogP contribution in [0.15, 0.2) is 59.5 Å². The molecule has 2 N–H and O–H groups in total. The van der Waals surface area contributed by atoms with E-state index in [4.69, 9.17) is 9.47 Å². The molecule has 1 aliphatic heterocycles. The van der Waals surface area contributed by atoms with E-state index >= 15 is 0 Å². The van der Waals surface area contributed by atoms with Gasteiger partial charge in [-0.25, -0.2) is 8.42 Å². The van der Waals surface area contributed by atoms with Gasteiger partial charge in [-0.3, -0.25) is 9.69 Å². The maximum absolute atomic E-state index is 13.6. The minimum atomic E-state index is -3.90. The van der Waals surface area contributed by atoms with Crippen LogP contribution < -0.4 is 10.1 Å². The third-order valence-electron chi connectivity index (χ3n) is 6.46. The van der Waals surface area contributed by atoms with E-state index in [1.165, 1.54) is 23.5 Å². The number of hydrogen-bond donors (Lipinski definition) is 2. The molecule has 0 bridgehead atoms. The molecule has 0 spiro atoms. The molecule has 2 aromatic carbocycles. The highest BCUT2D eigenvalue weighted by atomic mass is 32.2. The Morgan fingerprint density at radius 1 is 1.16 bits per heavy atom. The van der Waals surface area contributed by atoms with Crippen LogP contribution in [0.4, 0.5) is 0 Å². The Balaban J connectivity index is 1.79. The first kappa shape index (κ1) is 30.0. The molecule has 1 fully saturated rings. The van der Waals surface area contributed by atoms with E-state index in [1.54, 1.807) is 12.1 Å². The van der Waals surface area contributed by atoms with Gasteiger partial charge in [0.2, 0.25) is 15.9 Å². The van der Waals surface area contributed by atoms with Gasteiger partial charge in [-0.2, -0.15) is 4.31 Å². The van der Waals surface area contributed by atoms with Crippen molar-refractivity contribution >= 4 is 15.9 Å². The summed E-state index contributed by atoms with van der Waals surface area (Å²) >= 11 is 0. The van der Waals surface area contributed by atoms with Gasteiger partial charge in [0.05, 0.1) is 43.4 Å². The molecular weight excluding hydrogens is 506 g/mol. The van der Waals surface area contributed by atoms with Crippen molar-refractivity contribution in [2.45, 2.75) is 50.3 Å². The molecule has 2 aromatic rings. The van der Waals surface area contributed by atoms with Crippen molar-refractivity contribution in [3.05, 3.63) is 60.2 Å². The summed E-state index contributed by atoms with van der Waals surface area (Å²) in [5.74, 6) is 0.368. The number of nitrogens with one attached hydrogen (secondary N) is 1. The van der Waals surface area contributed by atoms with Gasteiger partial charge in [0.25, 0.3) is 0 Å². The molecular formula is C28H41N3O6S. The van der Waals surface area contributed by atoms with Gasteiger partial charge in [0, 0.05) is 26.2 Å². The summed E-state index contributed by atoms with van der Waals surface area (Å²) in [7, 11) is -2.38. The number of ether oxygens (including phenoxy) is 2. The number of methoxy groups -OCH3 is 1. The van der Waals surface area contributed by atoms with Gasteiger partial charge in [-0.1, -0.05) is 44.2 Å². The number of nitrogens with zero attached hydrogens (tertiary/aromatic N) is 2. The molecule has 1 saturated heterocycles. The predicted molar refractivity (Wildman–Crippen MR) is 147 cm³/mol. The van der Waals surface area contributed by atoms with Crippen LogP contribution in [0.2, 0.25) is 0 Å². The topological polar surface area (TPSA) is 108 Å². The van der Waals surface area contributed by atoms with Gasteiger partial charge >= 0.3 is 0 Å². The average Bonchev–Trinajstić information content (AvgIpc) is 2.88. The monoisotopic (exact) mass is 547 g/mol. The zero-order valence-electron chi connectivity index (χ0n) is 22.7. The zero-order chi connectivity index (χ0) is 27.7. The van der Waals surface area contributed by atoms with Gasteiger partial charge in [0.15, 0.2) is 0 Å². The second-order valence-corrected chi connectivity index (χ2v) is 12.2. The van der Waals surface area contributed by atoms with E-state index < -0.39 is 22.2 Å². The highest BCUT2D eigenvalue weighted by Crippen LogP contribution is 2.21. The van der Waals surface area contributed by atoms with Crippen LogP contribution >= 0.6 is 0 Å². The van der Waals surface area contributed by atoms with Crippen molar-refractivity contribution in [3.8, 4) is 5.75 Å². The van der Waals surface area contributed by atoms with Crippen LogP contribution in [0.25, 0.3) is 0 Å². The van der Waals surface area contributed by atoms with E-state index in [-0.39, 0.29) is 42.5 Å². The number of rotatable bonds is 13. The van der Waals surface area contributed by atoms with Crippen molar-refractivity contribution in [1.82, 2.24) is 14.5 Å². The summed E-state index contributed by atoms with van der Waals surface area (Å²) < 4.78 is 39.2. The molecule has 210 valence electrons. The molecule has 38 heavy (non-hydrogen) atoms. The Morgan fingerprint density at radius 3 is 2.45 bits per heavy atom. The molecule has 0 aromatic heterocycles. The molecule has 0 saturated carbocycles. The van der Waals surface area contributed by atoms with Crippen molar-refractivity contribution in [3.63, 3.8) is 0 Å². The van der Waals surface area contributed by atoms with E-state index in [9.17, 15) is 18.3 Å². The maximum atomic E-state index is 13.6. The highest BCUT2D eigenvalue weighted by Gasteiger charge is 2.32. The Hall–Kier alpha value is -2.50. The molecule has 9 nitrogen and oxygen atoms in total. The molecule has 0 radical (unpaired) electrons. The SMILES string of the molecule is COc1ccc(S(=O)(=O)N(CC(C)C)C[C@@H](O)[C@H](Cc2ccccc2)NC(=O)CN2CCO[C@H](C)C2)cc1. The lowest BCUT2D eigenvalue weighted by Gasteiger charge is -2.33. The van der Waals surface area contributed by atoms with E-state index in [1.807, 2.05) is 56.0 Å². The number of aliphatic hydroxyl groups is 1. The predicted octanol–water partition coefficient (Wildman–Crippen LogP) is 2.15. The van der Waals surface area contributed by atoms with Gasteiger partial charge in [-0.05, 0) is 49.1 Å². The summed E-state index contributed by atoms with van der Waals surface area (Å²) in [5.41, 5.74) is 0.935. The quantitative estimate of drug-likeness (QED) is 0.396. The first-order valence-corrected chi connectivity index (χ1v) is 14.5. The molecule has 3 rings (SSSR count). The second-order valence-electron chi connectivity index (χ2n) is 10.2. The number of sulfonamides is 1. The van der Waals surface area contributed by atoms with Crippen LogP contribution in [0.5, 0.6) is 5.75 Å². The summed E-state index contributed by atoms with van der Waals surface area (Å²) in [6, 6.07) is 15.1. The van der Waals surface area contributed by atoms with Crippen LogP contribution in [-0.2, 0) is 26.0 Å². The molecule has 0 aliphatic carbocycles. The number of hydrogen-bond acceptors (Lipinski definition) is 7. The Kier molecular flexibility index (Phi) is 11.1. The van der Waals surface area contributed by atoms with Crippen LogP contribution in [0.3, 0.4) is 0 Å². The average molecular weight is 548 g/mol. The molecule has 1 heterocycles. The lowest BCUT2D eigenvalue weighted by molar-refractivity contribution is -0.125. The third-order valence-corrected chi connectivity index (χ3v) is 8.30. The minimum absolute atomic E-state index is 0.0284. The summed E-state index contributed by atoms with van der Waals surface area (Å²) in [5, 5.41) is 14.4. The fourth-order valence-corrected chi connectivity index (χ4v) is 6.17. The van der Waals surface area contributed by atoms with E-state index in [0.717, 1.165) is 5.56 Å². The lowest BCUT2D eigenvalue weighted by atomic mass is 10.0. The van der Waals surface area contributed by atoms with Gasteiger partial charge in [-0.15, -0.1) is 0 Å². The molecule has 1 aliphatic rings. The maximum Gasteiger partial charge on any atom is 0.243 e. The number of morpholine rings is 1. The summed E-state index contributed by atoms with van der Waals surface area (Å²) in [4.78, 5) is 15.2. The summed E-state index contributed by atoms with van der Waals surface area (Å²) in [6.45, 7) is 7.96. The number of carbonyl (C=O) groups excluding carboxylic acids is 1. The lowest BCUT2D eigenvalue weighted by Crippen LogP contribution is -2.53. The van der Waals surface area contributed by atoms with Crippen LogP contribution in [0.1, 0.15) is 26.3 Å². The van der Waals surface area contributed by atoms with Crippen LogP contribution in [-0.4, -0.2) is 93.3 Å². The van der Waals surface area contributed by atoms with Crippen molar-refractivity contribution in [2.75, 3.05) is 46.4 Å². The summed E-state index contributed by atoms with van der Waals surface area (Å²) in [6.07, 6.45) is -0.713.